The van der Waals surface area contributed by atoms with E-state index in [1.165, 1.54) is 4.90 Å². The maximum absolute atomic E-state index is 12.1. The number of nitrogens with zero attached hydrogens (tertiary/aromatic N) is 1. The molecule has 0 atom stereocenters. The lowest BCUT2D eigenvalue weighted by molar-refractivity contribution is -0.125. The molecule has 2 aromatic rings. The SMILES string of the molecule is O=C(CCOc1cccc(Cl)c1Cl)Nc1ccc(CN2C(=O)CSC2=O)cc1. The van der Waals surface area contributed by atoms with Gasteiger partial charge in [0.2, 0.25) is 11.8 Å². The summed E-state index contributed by atoms with van der Waals surface area (Å²) in [6, 6.07) is 12.0. The first-order valence-electron chi connectivity index (χ1n) is 8.37. The molecule has 0 radical (unpaired) electrons. The molecule has 2 aromatic carbocycles. The third-order valence-electron chi connectivity index (χ3n) is 3.92. The van der Waals surface area contributed by atoms with Gasteiger partial charge >= 0.3 is 0 Å². The van der Waals surface area contributed by atoms with Crippen molar-refractivity contribution in [1.29, 1.82) is 0 Å². The van der Waals surface area contributed by atoms with Crippen LogP contribution >= 0.6 is 35.0 Å². The fraction of sp³-hybridized carbons (Fsp3) is 0.211. The number of carbonyl (C=O) groups is 3. The van der Waals surface area contributed by atoms with Crippen molar-refractivity contribution in [3.05, 3.63) is 58.1 Å². The molecule has 0 unspecified atom stereocenters. The Hall–Kier alpha value is -2.22. The number of carbonyl (C=O) groups excluding carboxylic acids is 3. The first-order valence-corrected chi connectivity index (χ1v) is 10.1. The van der Waals surface area contributed by atoms with E-state index in [9.17, 15) is 14.4 Å². The number of benzene rings is 2. The van der Waals surface area contributed by atoms with Crippen LogP contribution in [0, 0.1) is 0 Å². The topological polar surface area (TPSA) is 75.7 Å². The summed E-state index contributed by atoms with van der Waals surface area (Å²) >= 11 is 12.9. The minimum atomic E-state index is -0.234. The summed E-state index contributed by atoms with van der Waals surface area (Å²) < 4.78 is 5.49. The fourth-order valence-corrected chi connectivity index (χ4v) is 3.55. The van der Waals surface area contributed by atoms with Gasteiger partial charge in [0, 0.05) is 5.69 Å². The predicted molar refractivity (Wildman–Crippen MR) is 110 cm³/mol. The molecule has 9 heteroatoms. The Kier molecular flexibility index (Phi) is 6.83. The molecule has 28 heavy (non-hydrogen) atoms. The van der Waals surface area contributed by atoms with Gasteiger partial charge in [0.15, 0.2) is 0 Å². The summed E-state index contributed by atoms with van der Waals surface area (Å²) in [6.07, 6.45) is 0.137. The molecule has 1 N–H and O–H groups in total. The van der Waals surface area contributed by atoms with Gasteiger partial charge < -0.3 is 10.1 Å². The van der Waals surface area contributed by atoms with Crippen molar-refractivity contribution in [2.45, 2.75) is 13.0 Å². The highest BCUT2D eigenvalue weighted by Gasteiger charge is 2.29. The summed E-state index contributed by atoms with van der Waals surface area (Å²) in [5.41, 5.74) is 1.42. The molecule has 0 spiro atoms. The second kappa shape index (κ2) is 9.32. The van der Waals surface area contributed by atoms with Gasteiger partial charge in [0.05, 0.1) is 30.3 Å². The third-order valence-corrected chi connectivity index (χ3v) is 5.58. The lowest BCUT2D eigenvalue weighted by Crippen LogP contribution is -2.27. The quantitative estimate of drug-likeness (QED) is 0.683. The summed E-state index contributed by atoms with van der Waals surface area (Å²) in [4.78, 5) is 36.5. The molecule has 0 aromatic heterocycles. The van der Waals surface area contributed by atoms with Crippen molar-refractivity contribution >= 4 is 57.7 Å². The monoisotopic (exact) mass is 438 g/mol. The van der Waals surface area contributed by atoms with Crippen LogP contribution in [0.25, 0.3) is 0 Å². The second-order valence-corrected chi connectivity index (χ2v) is 7.64. The van der Waals surface area contributed by atoms with Gasteiger partial charge in [-0.1, -0.05) is 53.2 Å². The lowest BCUT2D eigenvalue weighted by atomic mass is 10.2. The Labute approximate surface area is 176 Å². The maximum Gasteiger partial charge on any atom is 0.289 e. The zero-order chi connectivity index (χ0) is 20.1. The van der Waals surface area contributed by atoms with Crippen LogP contribution in [-0.4, -0.2) is 34.3 Å². The number of imide groups is 1. The Morgan fingerprint density at radius 3 is 2.57 bits per heavy atom. The van der Waals surface area contributed by atoms with Crippen molar-refractivity contribution in [2.24, 2.45) is 0 Å². The van der Waals surface area contributed by atoms with E-state index < -0.39 is 0 Å². The Balaban J connectivity index is 1.47. The molecule has 1 aliphatic rings. The minimum Gasteiger partial charge on any atom is -0.491 e. The number of ether oxygens (including phenoxy) is 1. The van der Waals surface area contributed by atoms with Crippen LogP contribution < -0.4 is 10.1 Å². The highest BCUT2D eigenvalue weighted by molar-refractivity contribution is 8.14. The van der Waals surface area contributed by atoms with E-state index in [-0.39, 0.29) is 42.4 Å². The maximum atomic E-state index is 12.1. The Morgan fingerprint density at radius 1 is 1.14 bits per heavy atom. The number of anilines is 1. The molecule has 0 bridgehead atoms. The average molecular weight is 439 g/mol. The van der Waals surface area contributed by atoms with Crippen molar-refractivity contribution in [2.75, 3.05) is 17.7 Å². The van der Waals surface area contributed by atoms with Crippen LogP contribution in [0.1, 0.15) is 12.0 Å². The lowest BCUT2D eigenvalue weighted by Gasteiger charge is -2.13. The molecule has 3 rings (SSSR count). The van der Waals surface area contributed by atoms with Gasteiger partial charge in [0.1, 0.15) is 10.8 Å². The summed E-state index contributed by atoms with van der Waals surface area (Å²) in [6.45, 7) is 0.383. The number of rotatable bonds is 7. The number of nitrogens with one attached hydrogen (secondary N) is 1. The normalized spacial score (nSPS) is 13.7. The summed E-state index contributed by atoms with van der Waals surface area (Å²) in [7, 11) is 0. The van der Waals surface area contributed by atoms with Gasteiger partial charge in [0.25, 0.3) is 5.24 Å². The van der Waals surface area contributed by atoms with E-state index in [2.05, 4.69) is 5.32 Å². The average Bonchev–Trinajstić information content (AvgIpc) is 2.98. The van der Waals surface area contributed by atoms with Crippen LogP contribution in [0.15, 0.2) is 42.5 Å². The van der Waals surface area contributed by atoms with Crippen molar-refractivity contribution in [3.8, 4) is 5.75 Å². The Morgan fingerprint density at radius 2 is 1.89 bits per heavy atom. The molecule has 1 heterocycles. The highest BCUT2D eigenvalue weighted by Crippen LogP contribution is 2.31. The van der Waals surface area contributed by atoms with E-state index in [1.54, 1.807) is 42.5 Å². The molecular formula is C19H16Cl2N2O4S. The predicted octanol–water partition coefficient (Wildman–Crippen LogP) is 4.60. The molecule has 1 fully saturated rings. The summed E-state index contributed by atoms with van der Waals surface area (Å²) in [5.74, 6) is 0.213. The summed E-state index contributed by atoms with van der Waals surface area (Å²) in [5, 5.41) is 3.23. The van der Waals surface area contributed by atoms with Gasteiger partial charge in [-0.15, -0.1) is 0 Å². The standard InChI is InChI=1S/C19H16Cl2N2O4S/c20-14-2-1-3-15(18(14)21)27-9-8-16(24)22-13-6-4-12(5-7-13)10-23-17(25)11-28-19(23)26/h1-7H,8-11H2,(H,22,24). The van der Waals surface area contributed by atoms with Gasteiger partial charge in [-0.25, -0.2) is 0 Å². The van der Waals surface area contributed by atoms with E-state index in [4.69, 9.17) is 27.9 Å². The molecular weight excluding hydrogens is 423 g/mol. The minimum absolute atomic E-state index is 0.137. The fourth-order valence-electron chi connectivity index (χ4n) is 2.48. The molecule has 0 saturated carbocycles. The molecule has 1 saturated heterocycles. The van der Waals surface area contributed by atoms with Gasteiger partial charge in [-0.05, 0) is 29.8 Å². The van der Waals surface area contributed by atoms with E-state index in [0.29, 0.717) is 21.5 Å². The zero-order valence-electron chi connectivity index (χ0n) is 14.6. The second-order valence-electron chi connectivity index (χ2n) is 5.93. The van der Waals surface area contributed by atoms with Gasteiger partial charge in [-0.3, -0.25) is 19.3 Å². The van der Waals surface area contributed by atoms with E-state index >= 15 is 0 Å². The molecule has 6 nitrogen and oxygen atoms in total. The number of hydrogen-bond donors (Lipinski definition) is 1. The molecule has 0 aliphatic carbocycles. The first-order chi connectivity index (χ1) is 13.4. The van der Waals surface area contributed by atoms with E-state index in [1.807, 2.05) is 0 Å². The van der Waals surface area contributed by atoms with Crippen molar-refractivity contribution in [3.63, 3.8) is 0 Å². The van der Waals surface area contributed by atoms with Gasteiger partial charge in [-0.2, -0.15) is 0 Å². The van der Waals surface area contributed by atoms with E-state index in [0.717, 1.165) is 17.3 Å². The van der Waals surface area contributed by atoms with Crippen LogP contribution in [0.4, 0.5) is 10.5 Å². The van der Waals surface area contributed by atoms with Crippen molar-refractivity contribution in [1.82, 2.24) is 4.90 Å². The van der Waals surface area contributed by atoms with Crippen molar-refractivity contribution < 1.29 is 19.1 Å². The smallest absolute Gasteiger partial charge is 0.289 e. The molecule has 3 amide bonds. The third kappa shape index (κ3) is 5.19. The molecule has 1 aliphatic heterocycles. The van der Waals surface area contributed by atoms with Crippen LogP contribution in [0.3, 0.4) is 0 Å². The number of amides is 3. The molecule has 146 valence electrons. The highest BCUT2D eigenvalue weighted by atomic mass is 35.5. The van der Waals surface area contributed by atoms with Crippen LogP contribution in [-0.2, 0) is 16.1 Å². The van der Waals surface area contributed by atoms with Crippen LogP contribution in [0.5, 0.6) is 5.75 Å². The Bertz CT molecular complexity index is 889. The number of hydrogen-bond acceptors (Lipinski definition) is 5. The number of thioether (sulfide) groups is 1. The van der Waals surface area contributed by atoms with Crippen LogP contribution in [0.2, 0.25) is 10.0 Å². The largest absolute Gasteiger partial charge is 0.491 e. The zero-order valence-corrected chi connectivity index (χ0v) is 16.9. The first kappa shape index (κ1) is 20.5. The number of halogens is 2.